The van der Waals surface area contributed by atoms with Crippen molar-refractivity contribution in [2.75, 3.05) is 26.7 Å². The van der Waals surface area contributed by atoms with Crippen LogP contribution in [-0.4, -0.2) is 43.3 Å². The molecule has 13 heavy (non-hydrogen) atoms. The average Bonchev–Trinajstić information content (AvgIpc) is 2.79. The van der Waals surface area contributed by atoms with Gasteiger partial charge >= 0.3 is 0 Å². The van der Waals surface area contributed by atoms with Crippen LogP contribution in [0.25, 0.3) is 0 Å². The van der Waals surface area contributed by atoms with Gasteiger partial charge in [-0.2, -0.15) is 0 Å². The van der Waals surface area contributed by atoms with E-state index >= 15 is 0 Å². The molecule has 0 amide bonds. The summed E-state index contributed by atoms with van der Waals surface area (Å²) in [6.07, 6.45) is 5.47. The SMILES string of the molecule is CN(CC1CCCO1)C1(CN)CC1. The van der Waals surface area contributed by atoms with E-state index in [9.17, 15) is 0 Å². The van der Waals surface area contributed by atoms with Crippen LogP contribution >= 0.6 is 0 Å². The third kappa shape index (κ3) is 1.87. The Labute approximate surface area is 80.2 Å². The molecule has 1 heterocycles. The van der Waals surface area contributed by atoms with Gasteiger partial charge in [0.2, 0.25) is 0 Å². The number of hydrogen-bond donors (Lipinski definition) is 1. The van der Waals surface area contributed by atoms with Gasteiger partial charge in [-0.1, -0.05) is 0 Å². The van der Waals surface area contributed by atoms with Gasteiger partial charge < -0.3 is 10.5 Å². The highest BCUT2D eigenvalue weighted by molar-refractivity contribution is 5.04. The molecule has 1 unspecified atom stereocenters. The predicted molar refractivity (Wildman–Crippen MR) is 52.6 cm³/mol. The van der Waals surface area contributed by atoms with Gasteiger partial charge in [-0.15, -0.1) is 0 Å². The van der Waals surface area contributed by atoms with E-state index in [1.54, 1.807) is 0 Å². The Morgan fingerprint density at radius 1 is 1.54 bits per heavy atom. The van der Waals surface area contributed by atoms with Crippen molar-refractivity contribution >= 4 is 0 Å². The van der Waals surface area contributed by atoms with Crippen molar-refractivity contribution in [1.29, 1.82) is 0 Å². The molecule has 0 spiro atoms. The zero-order valence-electron chi connectivity index (χ0n) is 8.46. The zero-order chi connectivity index (χ0) is 9.31. The van der Waals surface area contributed by atoms with Crippen molar-refractivity contribution in [2.45, 2.75) is 37.3 Å². The third-order valence-corrected chi connectivity index (χ3v) is 3.52. The third-order valence-electron chi connectivity index (χ3n) is 3.52. The molecule has 0 aromatic rings. The maximum atomic E-state index is 5.76. The first-order chi connectivity index (χ1) is 6.27. The van der Waals surface area contributed by atoms with Crippen LogP contribution in [0.5, 0.6) is 0 Å². The molecule has 1 aliphatic heterocycles. The van der Waals surface area contributed by atoms with Crippen LogP contribution in [0.4, 0.5) is 0 Å². The molecule has 2 N–H and O–H groups in total. The molecule has 76 valence electrons. The van der Waals surface area contributed by atoms with Crippen LogP contribution in [0.3, 0.4) is 0 Å². The summed E-state index contributed by atoms with van der Waals surface area (Å²) < 4.78 is 5.61. The first kappa shape index (κ1) is 9.44. The van der Waals surface area contributed by atoms with Gasteiger partial charge in [-0.25, -0.2) is 0 Å². The van der Waals surface area contributed by atoms with Crippen molar-refractivity contribution in [3.63, 3.8) is 0 Å². The number of likely N-dealkylation sites (N-methyl/N-ethyl adjacent to an activating group) is 1. The second-order valence-corrected chi connectivity index (χ2v) is 4.44. The second kappa shape index (κ2) is 3.56. The van der Waals surface area contributed by atoms with E-state index < -0.39 is 0 Å². The Morgan fingerprint density at radius 3 is 2.77 bits per heavy atom. The molecule has 0 radical (unpaired) electrons. The minimum absolute atomic E-state index is 0.339. The molecule has 3 nitrogen and oxygen atoms in total. The lowest BCUT2D eigenvalue weighted by atomic mass is 10.2. The van der Waals surface area contributed by atoms with Gasteiger partial charge in [0.25, 0.3) is 0 Å². The quantitative estimate of drug-likeness (QED) is 0.695. The molecule has 1 aliphatic carbocycles. The molecule has 0 aromatic heterocycles. The fourth-order valence-electron chi connectivity index (χ4n) is 2.17. The Hall–Kier alpha value is -0.120. The molecular weight excluding hydrogens is 164 g/mol. The lowest BCUT2D eigenvalue weighted by Gasteiger charge is -2.28. The maximum absolute atomic E-state index is 5.76. The summed E-state index contributed by atoms with van der Waals surface area (Å²) in [5.41, 5.74) is 6.10. The van der Waals surface area contributed by atoms with E-state index in [-0.39, 0.29) is 0 Å². The van der Waals surface area contributed by atoms with Crippen molar-refractivity contribution in [3.8, 4) is 0 Å². The van der Waals surface area contributed by atoms with Gasteiger partial charge in [0.05, 0.1) is 6.10 Å². The molecule has 2 aliphatic rings. The van der Waals surface area contributed by atoms with Gasteiger partial charge in [0.15, 0.2) is 0 Å². The molecule has 1 saturated carbocycles. The Morgan fingerprint density at radius 2 is 2.31 bits per heavy atom. The van der Waals surface area contributed by atoms with E-state index in [2.05, 4.69) is 11.9 Å². The summed E-state index contributed by atoms with van der Waals surface area (Å²) in [6.45, 7) is 2.82. The van der Waals surface area contributed by atoms with Crippen LogP contribution in [-0.2, 0) is 4.74 Å². The van der Waals surface area contributed by atoms with Crippen molar-refractivity contribution in [3.05, 3.63) is 0 Å². The average molecular weight is 184 g/mol. The molecule has 0 bridgehead atoms. The molecule has 3 heteroatoms. The summed E-state index contributed by atoms with van der Waals surface area (Å²) in [6, 6.07) is 0. The Balaban J connectivity index is 1.80. The van der Waals surface area contributed by atoms with Crippen LogP contribution in [0.15, 0.2) is 0 Å². The van der Waals surface area contributed by atoms with Crippen LogP contribution in [0.2, 0.25) is 0 Å². The summed E-state index contributed by atoms with van der Waals surface area (Å²) in [7, 11) is 2.18. The number of hydrogen-bond acceptors (Lipinski definition) is 3. The monoisotopic (exact) mass is 184 g/mol. The molecule has 1 saturated heterocycles. The molecule has 1 atom stereocenters. The number of nitrogens with zero attached hydrogens (tertiary/aromatic N) is 1. The summed E-state index contributed by atoms with van der Waals surface area (Å²) in [5, 5.41) is 0. The highest BCUT2D eigenvalue weighted by Crippen LogP contribution is 2.40. The van der Waals surface area contributed by atoms with Gasteiger partial charge in [0.1, 0.15) is 0 Å². The maximum Gasteiger partial charge on any atom is 0.0702 e. The summed E-state index contributed by atoms with van der Waals surface area (Å²) in [5.74, 6) is 0. The van der Waals surface area contributed by atoms with E-state index in [1.165, 1.54) is 25.7 Å². The topological polar surface area (TPSA) is 38.5 Å². The van der Waals surface area contributed by atoms with Gasteiger partial charge in [-0.05, 0) is 32.7 Å². The normalized spacial score (nSPS) is 31.2. The molecule has 2 fully saturated rings. The molecular formula is C10H20N2O. The molecule has 0 aromatic carbocycles. The predicted octanol–water partition coefficient (Wildman–Crippen LogP) is 0.588. The van der Waals surface area contributed by atoms with Gasteiger partial charge in [-0.3, -0.25) is 4.90 Å². The largest absolute Gasteiger partial charge is 0.377 e. The van der Waals surface area contributed by atoms with Crippen LogP contribution in [0, 0.1) is 0 Å². The summed E-state index contributed by atoms with van der Waals surface area (Å²) in [4.78, 5) is 2.41. The Kier molecular flexibility index (Phi) is 2.58. The zero-order valence-corrected chi connectivity index (χ0v) is 8.46. The van der Waals surface area contributed by atoms with E-state index in [0.29, 0.717) is 11.6 Å². The van der Waals surface area contributed by atoms with Crippen LogP contribution in [0.1, 0.15) is 25.7 Å². The minimum atomic E-state index is 0.339. The fraction of sp³-hybridized carbons (Fsp3) is 1.00. The van der Waals surface area contributed by atoms with Crippen molar-refractivity contribution < 1.29 is 4.74 Å². The van der Waals surface area contributed by atoms with E-state index in [1.807, 2.05) is 0 Å². The highest BCUT2D eigenvalue weighted by Gasteiger charge is 2.45. The smallest absolute Gasteiger partial charge is 0.0702 e. The van der Waals surface area contributed by atoms with Crippen LogP contribution < -0.4 is 5.73 Å². The fourth-order valence-corrected chi connectivity index (χ4v) is 2.17. The molecule has 2 rings (SSSR count). The van der Waals surface area contributed by atoms with Crippen molar-refractivity contribution in [2.24, 2.45) is 5.73 Å². The minimum Gasteiger partial charge on any atom is -0.377 e. The second-order valence-electron chi connectivity index (χ2n) is 4.44. The first-order valence-electron chi connectivity index (χ1n) is 5.30. The van der Waals surface area contributed by atoms with Gasteiger partial charge in [0, 0.05) is 25.2 Å². The van der Waals surface area contributed by atoms with E-state index in [4.69, 9.17) is 10.5 Å². The summed E-state index contributed by atoms with van der Waals surface area (Å²) >= 11 is 0. The number of rotatable bonds is 4. The standard InChI is InChI=1S/C10H20N2O/c1-12(10(8-11)4-5-10)7-9-3-2-6-13-9/h9H,2-8,11H2,1H3. The number of ether oxygens (including phenoxy) is 1. The lowest BCUT2D eigenvalue weighted by Crippen LogP contribution is -2.43. The first-order valence-corrected chi connectivity index (χ1v) is 5.30. The van der Waals surface area contributed by atoms with E-state index in [0.717, 1.165) is 19.7 Å². The highest BCUT2D eigenvalue weighted by atomic mass is 16.5. The number of nitrogens with two attached hydrogens (primary N) is 1. The van der Waals surface area contributed by atoms with Crippen molar-refractivity contribution in [1.82, 2.24) is 4.90 Å². The Bertz CT molecular complexity index is 174. The lowest BCUT2D eigenvalue weighted by molar-refractivity contribution is 0.0645.